The summed E-state index contributed by atoms with van der Waals surface area (Å²) in [6.45, 7) is 0. The van der Waals surface area contributed by atoms with Crippen LogP contribution < -0.4 is 0 Å². The molecule has 0 bridgehead atoms. The van der Waals surface area contributed by atoms with Crippen LogP contribution in [0.4, 0.5) is 5.69 Å². The van der Waals surface area contributed by atoms with Gasteiger partial charge in [-0.25, -0.2) is 4.99 Å². The Hall–Kier alpha value is -0.460. The number of nitrogens with zero attached hydrogens (tertiary/aromatic N) is 2. The molecular formula is C10H7Cl5N2O3. The van der Waals surface area contributed by atoms with Crippen molar-refractivity contribution in [3.8, 4) is 0 Å². The molecule has 110 valence electrons. The van der Waals surface area contributed by atoms with Gasteiger partial charge in [-0.05, 0) is 12.1 Å². The second-order valence-electron chi connectivity index (χ2n) is 3.46. The first-order valence-electron chi connectivity index (χ1n) is 4.91. The first-order chi connectivity index (χ1) is 9.08. The summed E-state index contributed by atoms with van der Waals surface area (Å²) in [6.07, 6.45) is 0. The number of halogens is 5. The van der Waals surface area contributed by atoms with E-state index in [0.717, 1.165) is 0 Å². The van der Waals surface area contributed by atoms with E-state index in [9.17, 15) is 10.1 Å². The summed E-state index contributed by atoms with van der Waals surface area (Å²) in [5, 5.41) is 10.6. The molecule has 0 radical (unpaired) electrons. The number of hydrogen-bond acceptors (Lipinski definition) is 4. The highest BCUT2D eigenvalue weighted by Crippen LogP contribution is 2.47. The average Bonchev–Trinajstić information content (AvgIpc) is 2.34. The van der Waals surface area contributed by atoms with E-state index in [1.807, 2.05) is 0 Å². The van der Waals surface area contributed by atoms with Gasteiger partial charge in [0.15, 0.2) is 0 Å². The van der Waals surface area contributed by atoms with E-state index in [0.29, 0.717) is 5.56 Å². The van der Waals surface area contributed by atoms with Crippen LogP contribution in [0, 0.1) is 10.1 Å². The maximum absolute atomic E-state index is 10.6. The van der Waals surface area contributed by atoms with Crippen molar-refractivity contribution in [2.75, 3.05) is 7.11 Å². The maximum Gasteiger partial charge on any atom is 0.269 e. The van der Waals surface area contributed by atoms with Crippen molar-refractivity contribution >= 4 is 69.6 Å². The smallest absolute Gasteiger partial charge is 0.269 e. The van der Waals surface area contributed by atoms with Crippen molar-refractivity contribution in [3.63, 3.8) is 0 Å². The van der Waals surface area contributed by atoms with E-state index < -0.39 is 13.2 Å². The summed E-state index contributed by atoms with van der Waals surface area (Å²) in [7, 11) is 1.31. The lowest BCUT2D eigenvalue weighted by atomic mass is 10.2. The van der Waals surface area contributed by atoms with Crippen LogP contribution >= 0.6 is 58.0 Å². The summed E-state index contributed by atoms with van der Waals surface area (Å²) >= 11 is 28.4. The molecule has 0 saturated carbocycles. The van der Waals surface area contributed by atoms with Crippen LogP contribution in [0.3, 0.4) is 0 Å². The molecule has 0 aromatic heterocycles. The molecule has 0 N–H and O–H groups in total. The average molecular weight is 380 g/mol. The van der Waals surface area contributed by atoms with E-state index >= 15 is 0 Å². The fourth-order valence-corrected chi connectivity index (χ4v) is 1.42. The van der Waals surface area contributed by atoms with Crippen LogP contribution in [-0.4, -0.2) is 26.2 Å². The lowest BCUT2D eigenvalue weighted by molar-refractivity contribution is -0.384. The largest absolute Gasteiger partial charge is 0.481 e. The van der Waals surface area contributed by atoms with Crippen molar-refractivity contribution in [2.24, 2.45) is 4.99 Å². The number of nitro benzene ring substituents is 1. The Morgan fingerprint density at radius 2 is 1.70 bits per heavy atom. The SMILES string of the molecule is CO/C(=N\C(Cl)(Cl)C(Cl)(Cl)Cl)c1ccc([N+](=O)[O-])cc1. The second kappa shape index (κ2) is 6.54. The molecule has 0 atom stereocenters. The number of benzene rings is 1. The van der Waals surface area contributed by atoms with E-state index in [2.05, 4.69) is 4.99 Å². The van der Waals surface area contributed by atoms with Crippen LogP contribution in [-0.2, 0) is 4.74 Å². The van der Waals surface area contributed by atoms with Crippen LogP contribution in [0.15, 0.2) is 29.3 Å². The molecule has 20 heavy (non-hydrogen) atoms. The number of rotatable bonds is 3. The van der Waals surface area contributed by atoms with Crippen molar-refractivity contribution in [1.29, 1.82) is 0 Å². The summed E-state index contributed by atoms with van der Waals surface area (Å²) in [5.74, 6) is -0.0313. The number of hydrogen-bond donors (Lipinski definition) is 0. The van der Waals surface area contributed by atoms with Gasteiger partial charge in [0.1, 0.15) is 0 Å². The van der Waals surface area contributed by atoms with E-state index in [-0.39, 0.29) is 11.6 Å². The number of nitro groups is 1. The molecule has 1 aromatic carbocycles. The maximum atomic E-state index is 10.6. The van der Waals surface area contributed by atoms with Gasteiger partial charge in [0.25, 0.3) is 10.1 Å². The Kier molecular flexibility index (Phi) is 5.75. The first kappa shape index (κ1) is 17.6. The zero-order valence-corrected chi connectivity index (χ0v) is 13.6. The molecule has 1 aromatic rings. The molecule has 0 heterocycles. The Morgan fingerprint density at radius 1 is 1.20 bits per heavy atom. The van der Waals surface area contributed by atoms with Crippen molar-refractivity contribution in [1.82, 2.24) is 0 Å². The molecule has 10 heteroatoms. The van der Waals surface area contributed by atoms with Gasteiger partial charge in [-0.2, -0.15) is 0 Å². The molecule has 5 nitrogen and oxygen atoms in total. The Labute approximate surface area is 139 Å². The highest BCUT2D eigenvalue weighted by atomic mass is 35.6. The van der Waals surface area contributed by atoms with Gasteiger partial charge in [-0.1, -0.05) is 58.0 Å². The van der Waals surface area contributed by atoms with Gasteiger partial charge in [-0.3, -0.25) is 10.1 Å². The van der Waals surface area contributed by atoms with Crippen molar-refractivity contribution in [3.05, 3.63) is 39.9 Å². The summed E-state index contributed by atoms with van der Waals surface area (Å²) < 4.78 is 0.842. The van der Waals surface area contributed by atoms with Crippen LogP contribution in [0.1, 0.15) is 5.56 Å². The van der Waals surface area contributed by atoms with Crippen molar-refractivity contribution < 1.29 is 9.66 Å². The Morgan fingerprint density at radius 3 is 2.05 bits per heavy atom. The monoisotopic (exact) mass is 378 g/mol. The summed E-state index contributed by atoms with van der Waals surface area (Å²) in [4.78, 5) is 13.8. The number of alkyl halides is 5. The van der Waals surface area contributed by atoms with Gasteiger partial charge in [0, 0.05) is 17.7 Å². The molecule has 0 unspecified atom stereocenters. The van der Waals surface area contributed by atoms with Crippen LogP contribution in [0.5, 0.6) is 0 Å². The Balaban J connectivity index is 3.17. The minimum Gasteiger partial charge on any atom is -0.481 e. The number of aliphatic imine (C=N–C) groups is 1. The van der Waals surface area contributed by atoms with Gasteiger partial charge in [-0.15, -0.1) is 0 Å². The molecule has 0 aliphatic rings. The van der Waals surface area contributed by atoms with Gasteiger partial charge in [0.2, 0.25) is 9.69 Å². The summed E-state index contributed by atoms with van der Waals surface area (Å²) in [5.41, 5.74) is 0.298. The predicted molar refractivity (Wildman–Crippen MR) is 81.4 cm³/mol. The highest BCUT2D eigenvalue weighted by Gasteiger charge is 2.46. The summed E-state index contributed by atoms with van der Waals surface area (Å²) in [6, 6.07) is 5.35. The quantitative estimate of drug-likeness (QED) is 0.194. The third-order valence-corrected chi connectivity index (χ3v) is 4.24. The Bertz CT molecular complexity index is 525. The fraction of sp³-hybridized carbons (Fsp3) is 0.300. The van der Waals surface area contributed by atoms with Crippen LogP contribution in [0.25, 0.3) is 0 Å². The molecule has 1 rings (SSSR count). The fourth-order valence-electron chi connectivity index (χ4n) is 1.14. The first-order valence-corrected chi connectivity index (χ1v) is 6.80. The topological polar surface area (TPSA) is 64.7 Å². The predicted octanol–water partition coefficient (Wildman–Crippen LogP) is 4.49. The normalized spacial score (nSPS) is 13.2. The van der Waals surface area contributed by atoms with Crippen molar-refractivity contribution in [2.45, 2.75) is 8.25 Å². The number of non-ortho nitro benzene ring substituents is 1. The second-order valence-corrected chi connectivity index (χ2v) is 7.03. The lowest BCUT2D eigenvalue weighted by Crippen LogP contribution is -2.30. The molecule has 0 aliphatic heterocycles. The molecule has 0 amide bonds. The molecule has 0 fully saturated rings. The third-order valence-electron chi connectivity index (χ3n) is 2.10. The molecule has 0 saturated heterocycles. The van der Waals surface area contributed by atoms with Gasteiger partial charge in [0.05, 0.1) is 12.0 Å². The van der Waals surface area contributed by atoms with E-state index in [1.165, 1.54) is 31.4 Å². The third kappa shape index (κ3) is 4.27. The highest BCUT2D eigenvalue weighted by molar-refractivity contribution is 6.75. The zero-order chi connectivity index (χ0) is 15.6. The zero-order valence-electron chi connectivity index (χ0n) is 9.82. The standard InChI is InChI=1S/C10H7Cl5N2O3/c1-20-8(16-10(14,15)9(11,12)13)6-2-4-7(5-3-6)17(18)19/h2-5H,1H3/b16-8-. The van der Waals surface area contributed by atoms with Gasteiger partial charge < -0.3 is 4.74 Å². The van der Waals surface area contributed by atoms with E-state index in [4.69, 9.17) is 62.7 Å². The van der Waals surface area contributed by atoms with Gasteiger partial charge >= 0.3 is 0 Å². The number of methoxy groups -OCH3 is 1. The minimum absolute atomic E-state index is 0.0313. The number of ether oxygens (including phenoxy) is 1. The molecular weight excluding hydrogens is 373 g/mol. The molecule has 0 aliphatic carbocycles. The van der Waals surface area contributed by atoms with E-state index in [1.54, 1.807) is 0 Å². The van der Waals surface area contributed by atoms with Crippen LogP contribution in [0.2, 0.25) is 0 Å². The molecule has 0 spiro atoms. The minimum atomic E-state index is -2.08. The lowest BCUT2D eigenvalue weighted by Gasteiger charge is -2.23.